The third-order valence-electron chi connectivity index (χ3n) is 4.49. The highest BCUT2D eigenvalue weighted by atomic mass is 16.3. The molecule has 2 rings (SSSR count). The summed E-state index contributed by atoms with van der Waals surface area (Å²) in [5.41, 5.74) is 1.76. The van der Waals surface area contributed by atoms with Gasteiger partial charge in [-0.15, -0.1) is 0 Å². The molecular formula is C18H26N2O3. The first-order chi connectivity index (χ1) is 11.1. The normalized spacial score (nSPS) is 16.6. The Balaban J connectivity index is 1.76. The van der Waals surface area contributed by atoms with E-state index >= 15 is 0 Å². The van der Waals surface area contributed by atoms with Crippen LogP contribution in [-0.4, -0.2) is 29.6 Å². The minimum absolute atomic E-state index is 0.131. The van der Waals surface area contributed by atoms with E-state index in [0.717, 1.165) is 32.1 Å². The number of carbonyl (C=O) groups is 2. The standard InChI is InChI=1S/C18H26N2O3/c1-2-13-8-10-15(11-9-13)20-18(23)17(22)19-12-16(21)14-6-4-3-5-7-14/h8-11,14,16,21H,2-7,12H2,1H3,(H,19,22)(H,20,23)/t16-/m1/s1. The molecular weight excluding hydrogens is 292 g/mol. The summed E-state index contributed by atoms with van der Waals surface area (Å²) in [6.07, 6.45) is 5.81. The Kier molecular flexibility index (Phi) is 6.59. The van der Waals surface area contributed by atoms with Gasteiger partial charge in [0, 0.05) is 12.2 Å². The molecule has 0 saturated heterocycles. The van der Waals surface area contributed by atoms with E-state index in [1.807, 2.05) is 12.1 Å². The number of anilines is 1. The van der Waals surface area contributed by atoms with Crippen LogP contribution in [0.4, 0.5) is 5.69 Å². The molecule has 2 amide bonds. The van der Waals surface area contributed by atoms with Gasteiger partial charge in [-0.1, -0.05) is 38.3 Å². The van der Waals surface area contributed by atoms with E-state index in [0.29, 0.717) is 5.69 Å². The number of aliphatic hydroxyl groups excluding tert-OH is 1. The number of hydrogen-bond acceptors (Lipinski definition) is 3. The predicted molar refractivity (Wildman–Crippen MR) is 90.0 cm³/mol. The fourth-order valence-corrected chi connectivity index (χ4v) is 2.97. The lowest BCUT2D eigenvalue weighted by Crippen LogP contribution is -2.42. The second-order valence-corrected chi connectivity index (χ2v) is 6.18. The number of aryl methyl sites for hydroxylation is 1. The van der Waals surface area contributed by atoms with Gasteiger partial charge in [0.1, 0.15) is 0 Å². The Bertz CT molecular complexity index is 522. The quantitative estimate of drug-likeness (QED) is 0.729. The van der Waals surface area contributed by atoms with Crippen molar-refractivity contribution in [2.24, 2.45) is 5.92 Å². The molecule has 0 spiro atoms. The number of hydrogen-bond donors (Lipinski definition) is 3. The molecule has 1 aliphatic rings. The van der Waals surface area contributed by atoms with Crippen molar-refractivity contribution in [2.45, 2.75) is 51.6 Å². The maximum absolute atomic E-state index is 11.9. The zero-order chi connectivity index (χ0) is 16.7. The lowest BCUT2D eigenvalue weighted by Gasteiger charge is -2.26. The van der Waals surface area contributed by atoms with Crippen molar-refractivity contribution in [1.82, 2.24) is 5.32 Å². The largest absolute Gasteiger partial charge is 0.391 e. The summed E-state index contributed by atoms with van der Waals surface area (Å²) >= 11 is 0. The second kappa shape index (κ2) is 8.67. The van der Waals surface area contributed by atoms with E-state index in [1.54, 1.807) is 12.1 Å². The Labute approximate surface area is 137 Å². The summed E-state index contributed by atoms with van der Waals surface area (Å²) in [6, 6.07) is 7.39. The lowest BCUT2D eigenvalue weighted by atomic mass is 9.85. The number of nitrogens with one attached hydrogen (secondary N) is 2. The van der Waals surface area contributed by atoms with Crippen LogP contribution < -0.4 is 10.6 Å². The van der Waals surface area contributed by atoms with E-state index in [1.165, 1.54) is 12.0 Å². The number of aliphatic hydroxyl groups is 1. The minimum Gasteiger partial charge on any atom is -0.391 e. The van der Waals surface area contributed by atoms with Gasteiger partial charge in [-0.3, -0.25) is 9.59 Å². The van der Waals surface area contributed by atoms with Crippen LogP contribution in [0.1, 0.15) is 44.6 Å². The molecule has 5 nitrogen and oxygen atoms in total. The average Bonchev–Trinajstić information content (AvgIpc) is 2.60. The Morgan fingerprint density at radius 3 is 2.39 bits per heavy atom. The van der Waals surface area contributed by atoms with Crippen LogP contribution in [0, 0.1) is 5.92 Å². The van der Waals surface area contributed by atoms with Gasteiger partial charge in [-0.05, 0) is 42.9 Å². The van der Waals surface area contributed by atoms with E-state index in [9.17, 15) is 14.7 Å². The molecule has 0 aromatic heterocycles. The Hall–Kier alpha value is -1.88. The van der Waals surface area contributed by atoms with Gasteiger partial charge in [-0.25, -0.2) is 0 Å². The van der Waals surface area contributed by atoms with E-state index in [-0.39, 0.29) is 12.5 Å². The molecule has 0 unspecified atom stereocenters. The van der Waals surface area contributed by atoms with Crippen molar-refractivity contribution < 1.29 is 14.7 Å². The molecule has 0 bridgehead atoms. The summed E-state index contributed by atoms with van der Waals surface area (Å²) in [7, 11) is 0. The first-order valence-electron chi connectivity index (χ1n) is 8.46. The van der Waals surface area contributed by atoms with Crippen molar-refractivity contribution in [3.8, 4) is 0 Å². The Morgan fingerprint density at radius 1 is 1.13 bits per heavy atom. The topological polar surface area (TPSA) is 78.4 Å². The lowest BCUT2D eigenvalue weighted by molar-refractivity contribution is -0.136. The van der Waals surface area contributed by atoms with Gasteiger partial charge in [-0.2, -0.15) is 0 Å². The molecule has 0 aliphatic heterocycles. The Morgan fingerprint density at radius 2 is 1.78 bits per heavy atom. The smallest absolute Gasteiger partial charge is 0.313 e. The SMILES string of the molecule is CCc1ccc(NC(=O)C(=O)NC[C@@H](O)C2CCCCC2)cc1. The molecule has 1 aliphatic carbocycles. The van der Waals surface area contributed by atoms with Crippen LogP contribution in [0.25, 0.3) is 0 Å². The molecule has 0 radical (unpaired) electrons. The maximum atomic E-state index is 11.9. The first kappa shape index (κ1) is 17.5. The monoisotopic (exact) mass is 318 g/mol. The molecule has 1 fully saturated rings. The third-order valence-corrected chi connectivity index (χ3v) is 4.49. The van der Waals surface area contributed by atoms with Crippen LogP contribution in [0.3, 0.4) is 0 Å². The van der Waals surface area contributed by atoms with E-state index in [4.69, 9.17) is 0 Å². The molecule has 1 saturated carbocycles. The molecule has 1 atom stereocenters. The van der Waals surface area contributed by atoms with Crippen LogP contribution in [0.15, 0.2) is 24.3 Å². The van der Waals surface area contributed by atoms with Gasteiger partial charge in [0.15, 0.2) is 0 Å². The van der Waals surface area contributed by atoms with Crippen molar-refractivity contribution in [1.29, 1.82) is 0 Å². The first-order valence-corrected chi connectivity index (χ1v) is 8.46. The van der Waals surface area contributed by atoms with Gasteiger partial charge in [0.2, 0.25) is 0 Å². The molecule has 126 valence electrons. The number of amides is 2. The van der Waals surface area contributed by atoms with Crippen molar-refractivity contribution >= 4 is 17.5 Å². The van der Waals surface area contributed by atoms with Crippen LogP contribution >= 0.6 is 0 Å². The van der Waals surface area contributed by atoms with Gasteiger partial charge in [0.05, 0.1) is 6.10 Å². The maximum Gasteiger partial charge on any atom is 0.313 e. The minimum atomic E-state index is -0.709. The summed E-state index contributed by atoms with van der Waals surface area (Å²) in [5, 5.41) is 15.2. The fraction of sp³-hybridized carbons (Fsp3) is 0.556. The number of benzene rings is 1. The fourth-order valence-electron chi connectivity index (χ4n) is 2.97. The highest BCUT2D eigenvalue weighted by Crippen LogP contribution is 2.26. The molecule has 23 heavy (non-hydrogen) atoms. The van der Waals surface area contributed by atoms with Crippen molar-refractivity contribution in [2.75, 3.05) is 11.9 Å². The molecule has 0 heterocycles. The van der Waals surface area contributed by atoms with Crippen LogP contribution in [0.5, 0.6) is 0 Å². The van der Waals surface area contributed by atoms with Gasteiger partial charge in [0.25, 0.3) is 0 Å². The second-order valence-electron chi connectivity index (χ2n) is 6.18. The predicted octanol–water partition coefficient (Wildman–Crippen LogP) is 2.24. The number of rotatable bonds is 5. The zero-order valence-electron chi connectivity index (χ0n) is 13.7. The molecule has 1 aromatic rings. The van der Waals surface area contributed by atoms with Crippen molar-refractivity contribution in [3.05, 3.63) is 29.8 Å². The summed E-state index contributed by atoms with van der Waals surface area (Å²) in [5.74, 6) is -1.18. The molecule has 3 N–H and O–H groups in total. The van der Waals surface area contributed by atoms with Crippen LogP contribution in [0.2, 0.25) is 0 Å². The van der Waals surface area contributed by atoms with Crippen LogP contribution in [-0.2, 0) is 16.0 Å². The summed E-state index contributed by atoms with van der Waals surface area (Å²) < 4.78 is 0. The zero-order valence-corrected chi connectivity index (χ0v) is 13.7. The van der Waals surface area contributed by atoms with Gasteiger partial charge < -0.3 is 15.7 Å². The van der Waals surface area contributed by atoms with Gasteiger partial charge >= 0.3 is 11.8 Å². The van der Waals surface area contributed by atoms with E-state index in [2.05, 4.69) is 17.6 Å². The molecule has 5 heteroatoms. The average molecular weight is 318 g/mol. The summed E-state index contributed by atoms with van der Waals surface area (Å²) in [4.78, 5) is 23.7. The highest BCUT2D eigenvalue weighted by Gasteiger charge is 2.23. The number of carbonyl (C=O) groups excluding carboxylic acids is 2. The summed E-state index contributed by atoms with van der Waals surface area (Å²) in [6.45, 7) is 2.18. The van der Waals surface area contributed by atoms with E-state index < -0.39 is 17.9 Å². The highest BCUT2D eigenvalue weighted by molar-refractivity contribution is 6.39. The third kappa shape index (κ3) is 5.36. The molecule has 1 aromatic carbocycles. The van der Waals surface area contributed by atoms with Crippen molar-refractivity contribution in [3.63, 3.8) is 0 Å².